The number of hydrogen-bond donors (Lipinski definition) is 2. The van der Waals surface area contributed by atoms with Gasteiger partial charge in [-0.2, -0.15) is 0 Å². The maximum atomic E-state index is 12.7. The summed E-state index contributed by atoms with van der Waals surface area (Å²) >= 11 is 0. The molecule has 1 heterocycles. The van der Waals surface area contributed by atoms with E-state index in [1.54, 1.807) is 31.2 Å². The van der Waals surface area contributed by atoms with Crippen molar-refractivity contribution in [2.75, 3.05) is 26.8 Å². The van der Waals surface area contributed by atoms with E-state index in [4.69, 9.17) is 9.47 Å². The lowest BCUT2D eigenvalue weighted by Crippen LogP contribution is -2.28. The van der Waals surface area contributed by atoms with Gasteiger partial charge in [-0.05, 0) is 43.3 Å². The van der Waals surface area contributed by atoms with Gasteiger partial charge in [0.25, 0.3) is 11.8 Å². The van der Waals surface area contributed by atoms with Gasteiger partial charge >= 0.3 is 6.36 Å². The van der Waals surface area contributed by atoms with Crippen LogP contribution in [-0.4, -0.2) is 60.0 Å². The predicted octanol–water partition coefficient (Wildman–Crippen LogP) is 2.87. The summed E-state index contributed by atoms with van der Waals surface area (Å²) in [6.07, 6.45) is -4.85. The standard InChI is InChI=1S/C23H24F3N5O5/c1-3-27-21(32)15-7-9-16(10-8-15)31-19(20(29-30-31)22(33)28-11-12-34-2)14-35-17-5-4-6-18(13-17)36-23(24,25)26/h4-10,13H,3,11-12,14H2,1-2H3,(H,27,32)(H,28,33). The first kappa shape index (κ1) is 26.5. The van der Waals surface area contributed by atoms with E-state index >= 15 is 0 Å². The average molecular weight is 507 g/mol. The van der Waals surface area contributed by atoms with E-state index in [-0.39, 0.29) is 42.8 Å². The van der Waals surface area contributed by atoms with E-state index in [0.717, 1.165) is 12.1 Å². The van der Waals surface area contributed by atoms with E-state index in [2.05, 4.69) is 25.7 Å². The highest BCUT2D eigenvalue weighted by molar-refractivity contribution is 5.94. The Labute approximate surface area is 204 Å². The number of nitrogens with one attached hydrogen (secondary N) is 2. The molecule has 0 atom stereocenters. The monoisotopic (exact) mass is 507 g/mol. The van der Waals surface area contributed by atoms with Gasteiger partial charge in [-0.3, -0.25) is 9.59 Å². The van der Waals surface area contributed by atoms with Crippen molar-refractivity contribution in [3.05, 3.63) is 65.5 Å². The zero-order valence-electron chi connectivity index (χ0n) is 19.5. The molecule has 0 radical (unpaired) electrons. The predicted molar refractivity (Wildman–Crippen MR) is 121 cm³/mol. The number of carbonyl (C=O) groups is 2. The summed E-state index contributed by atoms with van der Waals surface area (Å²) in [4.78, 5) is 24.7. The number of methoxy groups -OCH3 is 1. The van der Waals surface area contributed by atoms with Crippen molar-refractivity contribution in [1.82, 2.24) is 25.6 Å². The highest BCUT2D eigenvalue weighted by Crippen LogP contribution is 2.27. The fourth-order valence-corrected chi connectivity index (χ4v) is 3.09. The second kappa shape index (κ2) is 12.0. The van der Waals surface area contributed by atoms with Gasteiger partial charge in [0.1, 0.15) is 23.8 Å². The van der Waals surface area contributed by atoms with Gasteiger partial charge in [0, 0.05) is 31.8 Å². The van der Waals surface area contributed by atoms with Crippen molar-refractivity contribution >= 4 is 11.8 Å². The van der Waals surface area contributed by atoms with Crippen LogP contribution >= 0.6 is 0 Å². The second-order valence-electron chi connectivity index (χ2n) is 7.26. The number of carbonyl (C=O) groups excluding carboxylic acids is 2. The fourth-order valence-electron chi connectivity index (χ4n) is 3.09. The molecule has 36 heavy (non-hydrogen) atoms. The third kappa shape index (κ3) is 7.18. The smallest absolute Gasteiger partial charge is 0.487 e. The van der Waals surface area contributed by atoms with Gasteiger partial charge < -0.3 is 24.8 Å². The molecule has 0 saturated carbocycles. The number of amides is 2. The first-order chi connectivity index (χ1) is 17.2. The lowest BCUT2D eigenvalue weighted by Gasteiger charge is -2.13. The number of benzene rings is 2. The number of ether oxygens (including phenoxy) is 3. The Morgan fingerprint density at radius 2 is 1.75 bits per heavy atom. The summed E-state index contributed by atoms with van der Waals surface area (Å²) in [6, 6.07) is 11.4. The normalized spacial score (nSPS) is 11.1. The van der Waals surface area contributed by atoms with Crippen LogP contribution in [0.5, 0.6) is 11.5 Å². The topological polar surface area (TPSA) is 117 Å². The van der Waals surface area contributed by atoms with Crippen LogP contribution in [0.3, 0.4) is 0 Å². The van der Waals surface area contributed by atoms with Gasteiger partial charge in [0.05, 0.1) is 12.3 Å². The minimum atomic E-state index is -4.85. The SMILES string of the molecule is CCNC(=O)c1ccc(-n2nnc(C(=O)NCCOC)c2COc2cccc(OC(F)(F)F)c2)cc1. The van der Waals surface area contributed by atoms with Gasteiger partial charge in [0.2, 0.25) is 0 Å². The quantitative estimate of drug-likeness (QED) is 0.384. The minimum absolute atomic E-state index is 0.0402. The number of alkyl halides is 3. The Morgan fingerprint density at radius 3 is 2.42 bits per heavy atom. The summed E-state index contributed by atoms with van der Waals surface area (Å²) in [5, 5.41) is 13.3. The van der Waals surface area contributed by atoms with Crippen LogP contribution in [0, 0.1) is 0 Å². The number of hydrogen-bond acceptors (Lipinski definition) is 7. The molecule has 2 amide bonds. The average Bonchev–Trinajstić information content (AvgIpc) is 3.26. The summed E-state index contributed by atoms with van der Waals surface area (Å²) in [7, 11) is 1.49. The molecule has 0 fully saturated rings. The van der Waals surface area contributed by atoms with Gasteiger partial charge in [0.15, 0.2) is 5.69 Å². The summed E-state index contributed by atoms with van der Waals surface area (Å²) in [6.45, 7) is 2.52. The number of rotatable bonds is 11. The summed E-state index contributed by atoms with van der Waals surface area (Å²) < 4.78 is 53.5. The minimum Gasteiger partial charge on any atom is -0.487 e. The van der Waals surface area contributed by atoms with Crippen LogP contribution in [-0.2, 0) is 11.3 Å². The number of nitrogens with zero attached hydrogens (tertiary/aromatic N) is 3. The Hall–Kier alpha value is -4.13. The van der Waals surface area contributed by atoms with Crippen molar-refractivity contribution in [3.8, 4) is 17.2 Å². The molecule has 0 bridgehead atoms. The molecule has 0 saturated heterocycles. The van der Waals surface area contributed by atoms with Crippen LogP contribution < -0.4 is 20.1 Å². The molecule has 13 heteroatoms. The molecule has 3 rings (SSSR count). The Morgan fingerprint density at radius 1 is 1.03 bits per heavy atom. The van der Waals surface area contributed by atoms with Crippen LogP contribution in [0.4, 0.5) is 13.2 Å². The molecule has 2 N–H and O–H groups in total. The molecule has 192 valence electrons. The molecule has 10 nitrogen and oxygen atoms in total. The second-order valence-corrected chi connectivity index (χ2v) is 7.26. The third-order valence-electron chi connectivity index (χ3n) is 4.70. The van der Waals surface area contributed by atoms with Gasteiger partial charge in [-0.1, -0.05) is 11.3 Å². The highest BCUT2D eigenvalue weighted by atomic mass is 19.4. The van der Waals surface area contributed by atoms with Crippen molar-refractivity contribution in [2.45, 2.75) is 19.9 Å². The van der Waals surface area contributed by atoms with E-state index in [1.165, 1.54) is 23.9 Å². The van der Waals surface area contributed by atoms with E-state index in [9.17, 15) is 22.8 Å². The van der Waals surface area contributed by atoms with Gasteiger partial charge in [-0.15, -0.1) is 18.3 Å². The third-order valence-corrected chi connectivity index (χ3v) is 4.70. The first-order valence-corrected chi connectivity index (χ1v) is 10.8. The molecular weight excluding hydrogens is 483 g/mol. The van der Waals surface area contributed by atoms with Crippen molar-refractivity contribution in [2.24, 2.45) is 0 Å². The molecule has 0 aliphatic carbocycles. The van der Waals surface area contributed by atoms with Gasteiger partial charge in [-0.25, -0.2) is 4.68 Å². The lowest BCUT2D eigenvalue weighted by atomic mass is 10.2. The highest BCUT2D eigenvalue weighted by Gasteiger charge is 2.31. The summed E-state index contributed by atoms with van der Waals surface area (Å²) in [5.74, 6) is -1.16. The fraction of sp³-hybridized carbons (Fsp3) is 0.304. The molecule has 2 aromatic carbocycles. The molecule has 0 aliphatic heterocycles. The molecule has 3 aromatic rings. The summed E-state index contributed by atoms with van der Waals surface area (Å²) in [5.41, 5.74) is 1.11. The molecule has 0 unspecified atom stereocenters. The Bertz CT molecular complexity index is 1180. The molecular formula is C23H24F3N5O5. The van der Waals surface area contributed by atoms with Crippen LogP contribution in [0.1, 0.15) is 33.5 Å². The van der Waals surface area contributed by atoms with Crippen molar-refractivity contribution < 1.29 is 37.0 Å². The zero-order valence-corrected chi connectivity index (χ0v) is 19.5. The Kier molecular flexibility index (Phi) is 8.84. The van der Waals surface area contributed by atoms with Crippen LogP contribution in [0.25, 0.3) is 5.69 Å². The van der Waals surface area contributed by atoms with E-state index in [0.29, 0.717) is 17.8 Å². The van der Waals surface area contributed by atoms with E-state index < -0.39 is 18.0 Å². The molecule has 0 aliphatic rings. The molecule has 0 spiro atoms. The maximum Gasteiger partial charge on any atom is 0.573 e. The van der Waals surface area contributed by atoms with E-state index in [1.807, 2.05) is 0 Å². The molecule has 1 aromatic heterocycles. The van der Waals surface area contributed by atoms with Crippen LogP contribution in [0.2, 0.25) is 0 Å². The van der Waals surface area contributed by atoms with Crippen molar-refractivity contribution in [3.63, 3.8) is 0 Å². The number of aromatic nitrogens is 3. The largest absolute Gasteiger partial charge is 0.573 e. The number of halogens is 3. The van der Waals surface area contributed by atoms with Crippen molar-refractivity contribution in [1.29, 1.82) is 0 Å². The first-order valence-electron chi connectivity index (χ1n) is 10.8. The van der Waals surface area contributed by atoms with Crippen LogP contribution in [0.15, 0.2) is 48.5 Å². The maximum absolute atomic E-state index is 12.7. The lowest BCUT2D eigenvalue weighted by molar-refractivity contribution is -0.274. The Balaban J connectivity index is 1.88. The zero-order chi connectivity index (χ0) is 26.1.